The maximum atomic E-state index is 13.2. The van der Waals surface area contributed by atoms with Crippen molar-refractivity contribution in [3.05, 3.63) is 34.6 Å². The van der Waals surface area contributed by atoms with Crippen molar-refractivity contribution in [3.63, 3.8) is 0 Å². The van der Waals surface area contributed by atoms with Crippen molar-refractivity contribution in [2.45, 2.75) is 47.5 Å². The van der Waals surface area contributed by atoms with Gasteiger partial charge in [-0.15, -0.1) is 0 Å². The second-order valence-corrected chi connectivity index (χ2v) is 3.60. The standard InChI is InChI=1S/C11H15F.C2H6/c1-7(2)10-5-8(3)9(4)11(12)6-10;1-2/h5-7H,1-4H3;1-2H3. The maximum absolute atomic E-state index is 13.2. The molecule has 0 bridgehead atoms. The highest BCUT2D eigenvalue weighted by molar-refractivity contribution is 5.32. The Bertz CT molecular complexity index is 264. The highest BCUT2D eigenvalue weighted by Gasteiger charge is 2.05. The molecule has 0 spiro atoms. The Morgan fingerprint density at radius 1 is 1.07 bits per heavy atom. The molecule has 0 heterocycles. The van der Waals surface area contributed by atoms with Crippen LogP contribution in [0.15, 0.2) is 12.1 Å². The van der Waals surface area contributed by atoms with Crippen molar-refractivity contribution in [2.75, 3.05) is 0 Å². The van der Waals surface area contributed by atoms with Gasteiger partial charge >= 0.3 is 0 Å². The van der Waals surface area contributed by atoms with Gasteiger partial charge in [0.05, 0.1) is 0 Å². The van der Waals surface area contributed by atoms with E-state index in [2.05, 4.69) is 19.9 Å². The van der Waals surface area contributed by atoms with Crippen LogP contribution in [0.25, 0.3) is 0 Å². The summed E-state index contributed by atoms with van der Waals surface area (Å²) in [6, 6.07) is 3.69. The number of aryl methyl sites for hydroxylation is 1. The van der Waals surface area contributed by atoms with E-state index in [0.29, 0.717) is 5.92 Å². The van der Waals surface area contributed by atoms with E-state index in [4.69, 9.17) is 0 Å². The zero-order chi connectivity index (χ0) is 11.3. The lowest BCUT2D eigenvalue weighted by atomic mass is 9.98. The van der Waals surface area contributed by atoms with Crippen molar-refractivity contribution < 1.29 is 4.39 Å². The number of hydrogen-bond donors (Lipinski definition) is 0. The maximum Gasteiger partial charge on any atom is 0.126 e. The molecule has 0 saturated heterocycles. The molecule has 80 valence electrons. The summed E-state index contributed by atoms with van der Waals surface area (Å²) < 4.78 is 13.2. The summed E-state index contributed by atoms with van der Waals surface area (Å²) >= 11 is 0. The number of hydrogen-bond acceptors (Lipinski definition) is 0. The van der Waals surface area contributed by atoms with Gasteiger partial charge in [-0.2, -0.15) is 0 Å². The number of rotatable bonds is 1. The van der Waals surface area contributed by atoms with Crippen LogP contribution in [-0.4, -0.2) is 0 Å². The molecule has 1 heteroatoms. The van der Waals surface area contributed by atoms with Crippen molar-refractivity contribution in [3.8, 4) is 0 Å². The van der Waals surface area contributed by atoms with Gasteiger partial charge in [-0.05, 0) is 42.5 Å². The minimum absolute atomic E-state index is 0.0845. The molecule has 0 aliphatic carbocycles. The summed E-state index contributed by atoms with van der Waals surface area (Å²) in [6.45, 7) is 11.9. The van der Waals surface area contributed by atoms with Gasteiger partial charge in [0, 0.05) is 0 Å². The first-order valence-electron chi connectivity index (χ1n) is 5.29. The molecule has 0 amide bonds. The van der Waals surface area contributed by atoms with Gasteiger partial charge in [-0.25, -0.2) is 4.39 Å². The van der Waals surface area contributed by atoms with E-state index in [1.165, 1.54) is 0 Å². The third kappa shape index (κ3) is 3.13. The van der Waals surface area contributed by atoms with Crippen LogP contribution in [0.1, 0.15) is 50.3 Å². The molecule has 1 rings (SSSR count). The molecule has 0 N–H and O–H groups in total. The fraction of sp³-hybridized carbons (Fsp3) is 0.538. The van der Waals surface area contributed by atoms with Gasteiger partial charge in [-0.1, -0.05) is 33.8 Å². The Hall–Kier alpha value is -0.850. The predicted octanol–water partition coefficient (Wildman–Crippen LogP) is 4.59. The van der Waals surface area contributed by atoms with E-state index >= 15 is 0 Å². The second kappa shape index (κ2) is 5.79. The van der Waals surface area contributed by atoms with E-state index in [0.717, 1.165) is 16.7 Å². The Kier molecular flexibility index (Phi) is 5.44. The van der Waals surface area contributed by atoms with E-state index in [-0.39, 0.29) is 5.82 Å². The van der Waals surface area contributed by atoms with Crippen LogP contribution in [-0.2, 0) is 0 Å². The molecule has 1 aromatic rings. The second-order valence-electron chi connectivity index (χ2n) is 3.60. The van der Waals surface area contributed by atoms with Gasteiger partial charge in [0.2, 0.25) is 0 Å². The van der Waals surface area contributed by atoms with Gasteiger partial charge in [-0.3, -0.25) is 0 Å². The fourth-order valence-corrected chi connectivity index (χ4v) is 1.18. The molecule has 0 atom stereocenters. The first-order valence-corrected chi connectivity index (χ1v) is 5.29. The van der Waals surface area contributed by atoms with Gasteiger partial charge < -0.3 is 0 Å². The lowest BCUT2D eigenvalue weighted by Crippen LogP contribution is -1.94. The van der Waals surface area contributed by atoms with E-state index in [1.54, 1.807) is 6.07 Å². The third-order valence-electron chi connectivity index (χ3n) is 2.29. The van der Waals surface area contributed by atoms with Crippen LogP contribution in [0.3, 0.4) is 0 Å². The zero-order valence-corrected chi connectivity index (χ0v) is 10.1. The molecule has 0 radical (unpaired) electrons. The number of halogens is 1. The summed E-state index contributed by atoms with van der Waals surface area (Å²) in [5, 5.41) is 0. The molecule has 0 aliphatic heterocycles. The van der Waals surface area contributed by atoms with Gasteiger partial charge in [0.25, 0.3) is 0 Å². The molecule has 0 aliphatic rings. The molecular formula is C13H21F. The smallest absolute Gasteiger partial charge is 0.126 e. The lowest BCUT2D eigenvalue weighted by molar-refractivity contribution is 0.612. The summed E-state index contributed by atoms with van der Waals surface area (Å²) in [6.07, 6.45) is 0. The monoisotopic (exact) mass is 196 g/mol. The Labute approximate surface area is 87.2 Å². The molecular weight excluding hydrogens is 175 g/mol. The molecule has 0 fully saturated rings. The van der Waals surface area contributed by atoms with Crippen molar-refractivity contribution in [1.29, 1.82) is 0 Å². The topological polar surface area (TPSA) is 0 Å². The minimum Gasteiger partial charge on any atom is -0.207 e. The van der Waals surface area contributed by atoms with Gasteiger partial charge in [0.1, 0.15) is 5.82 Å². The van der Waals surface area contributed by atoms with Crippen molar-refractivity contribution in [1.82, 2.24) is 0 Å². The summed E-state index contributed by atoms with van der Waals surface area (Å²) in [7, 11) is 0. The van der Waals surface area contributed by atoms with Crippen LogP contribution < -0.4 is 0 Å². The Morgan fingerprint density at radius 2 is 1.57 bits per heavy atom. The molecule has 0 nitrogen and oxygen atoms in total. The highest BCUT2D eigenvalue weighted by atomic mass is 19.1. The van der Waals surface area contributed by atoms with Crippen LogP contribution in [0.2, 0.25) is 0 Å². The Balaban J connectivity index is 0.000000791. The Morgan fingerprint density at radius 3 is 1.93 bits per heavy atom. The quantitative estimate of drug-likeness (QED) is 0.616. The number of benzene rings is 1. The van der Waals surface area contributed by atoms with Crippen LogP contribution in [0.5, 0.6) is 0 Å². The molecule has 0 aromatic heterocycles. The van der Waals surface area contributed by atoms with Crippen molar-refractivity contribution >= 4 is 0 Å². The first kappa shape index (κ1) is 13.2. The predicted molar refractivity (Wildman–Crippen MR) is 61.3 cm³/mol. The molecule has 0 saturated carbocycles. The fourth-order valence-electron chi connectivity index (χ4n) is 1.18. The SMILES string of the molecule is CC.Cc1cc(C(C)C)cc(F)c1C. The van der Waals surface area contributed by atoms with E-state index in [1.807, 2.05) is 27.7 Å². The normalized spacial score (nSPS) is 9.71. The molecule has 1 aromatic carbocycles. The largest absolute Gasteiger partial charge is 0.207 e. The van der Waals surface area contributed by atoms with E-state index in [9.17, 15) is 4.39 Å². The molecule has 14 heavy (non-hydrogen) atoms. The van der Waals surface area contributed by atoms with E-state index < -0.39 is 0 Å². The highest BCUT2D eigenvalue weighted by Crippen LogP contribution is 2.20. The van der Waals surface area contributed by atoms with Crippen LogP contribution in [0.4, 0.5) is 4.39 Å². The minimum atomic E-state index is -0.0845. The summed E-state index contributed by atoms with van der Waals surface area (Å²) in [4.78, 5) is 0. The van der Waals surface area contributed by atoms with Crippen molar-refractivity contribution in [2.24, 2.45) is 0 Å². The molecule has 0 unspecified atom stereocenters. The summed E-state index contributed by atoms with van der Waals surface area (Å²) in [5.41, 5.74) is 2.88. The summed E-state index contributed by atoms with van der Waals surface area (Å²) in [5.74, 6) is 0.317. The average molecular weight is 196 g/mol. The van der Waals surface area contributed by atoms with Crippen LogP contribution >= 0.6 is 0 Å². The third-order valence-corrected chi connectivity index (χ3v) is 2.29. The zero-order valence-electron chi connectivity index (χ0n) is 10.1. The average Bonchev–Trinajstić information content (AvgIpc) is 2.16. The van der Waals surface area contributed by atoms with Crippen LogP contribution in [0, 0.1) is 19.7 Å². The first-order chi connectivity index (χ1) is 6.52. The lowest BCUT2D eigenvalue weighted by Gasteiger charge is -2.09. The van der Waals surface area contributed by atoms with Gasteiger partial charge in [0.15, 0.2) is 0 Å².